The van der Waals surface area contributed by atoms with Crippen LogP contribution in [0.4, 0.5) is 5.69 Å². The Morgan fingerprint density at radius 1 is 1.28 bits per heavy atom. The molecule has 0 aliphatic heterocycles. The number of carbonyl (C=O) groups is 2. The van der Waals surface area contributed by atoms with Crippen LogP contribution in [-0.2, 0) is 18.3 Å². The summed E-state index contributed by atoms with van der Waals surface area (Å²) in [6.45, 7) is 2.34. The number of benzene rings is 1. The highest BCUT2D eigenvalue weighted by atomic mass is 32.1. The van der Waals surface area contributed by atoms with Crippen LogP contribution >= 0.6 is 11.3 Å². The molecule has 1 aromatic carbocycles. The number of imidazole rings is 1. The second-order valence-electron chi connectivity index (χ2n) is 5.68. The SMILES string of the molecule is CCC(=O)Nc1ccc2c(c1)nc(CCNC(=O)c1cccs1)n2C. The van der Waals surface area contributed by atoms with Crippen molar-refractivity contribution >= 4 is 39.9 Å². The minimum Gasteiger partial charge on any atom is -0.351 e. The van der Waals surface area contributed by atoms with Crippen molar-refractivity contribution in [2.45, 2.75) is 19.8 Å². The van der Waals surface area contributed by atoms with Gasteiger partial charge in [0.25, 0.3) is 5.91 Å². The van der Waals surface area contributed by atoms with Gasteiger partial charge in [-0.1, -0.05) is 13.0 Å². The Morgan fingerprint density at radius 2 is 2.12 bits per heavy atom. The van der Waals surface area contributed by atoms with Crippen LogP contribution in [0, 0.1) is 0 Å². The zero-order valence-electron chi connectivity index (χ0n) is 14.2. The van der Waals surface area contributed by atoms with Crippen LogP contribution in [0.25, 0.3) is 11.0 Å². The van der Waals surface area contributed by atoms with Crippen LogP contribution in [0.3, 0.4) is 0 Å². The standard InChI is InChI=1S/C18H20N4O2S/c1-3-17(23)20-12-6-7-14-13(11-12)21-16(22(14)2)8-9-19-18(24)15-5-4-10-25-15/h4-7,10-11H,3,8-9H2,1-2H3,(H,19,24)(H,20,23). The van der Waals surface area contributed by atoms with Crippen LogP contribution in [-0.4, -0.2) is 27.9 Å². The van der Waals surface area contributed by atoms with Gasteiger partial charge in [0.05, 0.1) is 15.9 Å². The topological polar surface area (TPSA) is 76.0 Å². The zero-order chi connectivity index (χ0) is 17.8. The first-order chi connectivity index (χ1) is 12.1. The maximum Gasteiger partial charge on any atom is 0.261 e. The number of thiophene rings is 1. The Labute approximate surface area is 149 Å². The van der Waals surface area contributed by atoms with Crippen LogP contribution in [0.2, 0.25) is 0 Å². The number of nitrogens with one attached hydrogen (secondary N) is 2. The van der Waals surface area contributed by atoms with Gasteiger partial charge in [-0.15, -0.1) is 11.3 Å². The van der Waals surface area contributed by atoms with Crippen molar-refractivity contribution in [1.82, 2.24) is 14.9 Å². The van der Waals surface area contributed by atoms with Crippen molar-refractivity contribution in [3.05, 3.63) is 46.4 Å². The molecule has 2 aromatic heterocycles. The number of aryl methyl sites for hydroxylation is 1. The van der Waals surface area contributed by atoms with E-state index in [1.54, 1.807) is 6.07 Å². The predicted octanol–water partition coefficient (Wildman–Crippen LogP) is 2.96. The second-order valence-corrected chi connectivity index (χ2v) is 6.62. The lowest BCUT2D eigenvalue weighted by molar-refractivity contribution is -0.115. The van der Waals surface area contributed by atoms with E-state index in [4.69, 9.17) is 0 Å². The Morgan fingerprint density at radius 3 is 2.84 bits per heavy atom. The van der Waals surface area contributed by atoms with Gasteiger partial charge in [-0.2, -0.15) is 0 Å². The summed E-state index contributed by atoms with van der Waals surface area (Å²) in [6.07, 6.45) is 1.08. The number of hydrogen-bond acceptors (Lipinski definition) is 4. The number of carbonyl (C=O) groups excluding carboxylic acids is 2. The molecule has 0 radical (unpaired) electrons. The van der Waals surface area contributed by atoms with E-state index in [0.29, 0.717) is 24.3 Å². The molecule has 0 aliphatic carbocycles. The number of fused-ring (bicyclic) bond motifs is 1. The second kappa shape index (κ2) is 7.48. The molecule has 3 aromatic rings. The number of rotatable bonds is 6. The highest BCUT2D eigenvalue weighted by Crippen LogP contribution is 2.20. The Kier molecular flexibility index (Phi) is 5.14. The lowest BCUT2D eigenvalue weighted by atomic mass is 10.2. The first-order valence-corrected chi connectivity index (χ1v) is 9.03. The smallest absolute Gasteiger partial charge is 0.261 e. The van der Waals surface area contributed by atoms with E-state index in [9.17, 15) is 9.59 Å². The van der Waals surface area contributed by atoms with Crippen molar-refractivity contribution in [2.24, 2.45) is 7.05 Å². The highest BCUT2D eigenvalue weighted by molar-refractivity contribution is 7.12. The minimum absolute atomic E-state index is 0.0215. The van der Waals surface area contributed by atoms with Crippen molar-refractivity contribution < 1.29 is 9.59 Å². The van der Waals surface area contributed by atoms with E-state index in [1.807, 2.05) is 48.2 Å². The lowest BCUT2D eigenvalue weighted by Crippen LogP contribution is -2.25. The van der Waals surface area contributed by atoms with Gasteiger partial charge in [0.2, 0.25) is 5.91 Å². The van der Waals surface area contributed by atoms with Gasteiger partial charge in [-0.25, -0.2) is 4.98 Å². The molecular weight excluding hydrogens is 336 g/mol. The Balaban J connectivity index is 1.68. The number of hydrogen-bond donors (Lipinski definition) is 2. The van der Waals surface area contributed by atoms with Gasteiger partial charge in [0.15, 0.2) is 0 Å². The third-order valence-electron chi connectivity index (χ3n) is 3.96. The minimum atomic E-state index is -0.0571. The van der Waals surface area contributed by atoms with Gasteiger partial charge in [0.1, 0.15) is 5.82 Å². The molecule has 6 nitrogen and oxygen atoms in total. The van der Waals surface area contributed by atoms with E-state index in [-0.39, 0.29) is 11.8 Å². The third kappa shape index (κ3) is 3.88. The molecule has 0 saturated carbocycles. The molecule has 2 heterocycles. The summed E-state index contributed by atoms with van der Waals surface area (Å²) in [5.74, 6) is 0.811. The molecule has 0 aliphatic rings. The van der Waals surface area contributed by atoms with Crippen molar-refractivity contribution in [1.29, 1.82) is 0 Å². The summed E-state index contributed by atoms with van der Waals surface area (Å²) in [5, 5.41) is 7.64. The van der Waals surface area contributed by atoms with Crippen LogP contribution in [0.5, 0.6) is 0 Å². The van der Waals surface area contributed by atoms with E-state index < -0.39 is 0 Å². The number of aromatic nitrogens is 2. The zero-order valence-corrected chi connectivity index (χ0v) is 15.0. The van der Waals surface area contributed by atoms with Crippen LogP contribution in [0.15, 0.2) is 35.7 Å². The van der Waals surface area contributed by atoms with Gasteiger partial charge in [-0.05, 0) is 29.6 Å². The van der Waals surface area contributed by atoms with E-state index >= 15 is 0 Å². The molecule has 0 saturated heterocycles. The normalized spacial score (nSPS) is 10.8. The summed E-state index contributed by atoms with van der Waals surface area (Å²) in [7, 11) is 1.95. The summed E-state index contributed by atoms with van der Waals surface area (Å²) in [4.78, 5) is 28.8. The molecule has 0 bridgehead atoms. The molecule has 130 valence electrons. The van der Waals surface area contributed by atoms with Gasteiger partial charge in [-0.3, -0.25) is 9.59 Å². The lowest BCUT2D eigenvalue weighted by Gasteiger charge is -2.05. The summed E-state index contributed by atoms with van der Waals surface area (Å²) < 4.78 is 2.01. The largest absolute Gasteiger partial charge is 0.351 e. The maximum atomic E-state index is 12.0. The highest BCUT2D eigenvalue weighted by Gasteiger charge is 2.10. The molecule has 0 atom stereocenters. The molecule has 0 spiro atoms. The Hall–Kier alpha value is -2.67. The summed E-state index contributed by atoms with van der Waals surface area (Å²) in [5.41, 5.74) is 2.57. The van der Waals surface area contributed by atoms with Gasteiger partial charge in [0, 0.05) is 32.1 Å². The number of amides is 2. The van der Waals surface area contributed by atoms with Crippen molar-refractivity contribution in [3.8, 4) is 0 Å². The van der Waals surface area contributed by atoms with Gasteiger partial charge < -0.3 is 15.2 Å². The molecule has 2 N–H and O–H groups in total. The molecule has 3 rings (SSSR count). The molecule has 25 heavy (non-hydrogen) atoms. The quantitative estimate of drug-likeness (QED) is 0.713. The summed E-state index contributed by atoms with van der Waals surface area (Å²) in [6, 6.07) is 9.36. The molecule has 0 fully saturated rings. The monoisotopic (exact) mass is 356 g/mol. The fourth-order valence-corrected chi connectivity index (χ4v) is 3.22. The van der Waals surface area contributed by atoms with Gasteiger partial charge >= 0.3 is 0 Å². The summed E-state index contributed by atoms with van der Waals surface area (Å²) >= 11 is 1.43. The molecule has 2 amide bonds. The predicted molar refractivity (Wildman–Crippen MR) is 100.0 cm³/mol. The maximum absolute atomic E-state index is 12.0. The molecule has 7 heteroatoms. The van der Waals surface area contributed by atoms with E-state index in [1.165, 1.54) is 11.3 Å². The van der Waals surface area contributed by atoms with Crippen molar-refractivity contribution in [2.75, 3.05) is 11.9 Å². The fourth-order valence-electron chi connectivity index (χ4n) is 2.58. The first kappa shape index (κ1) is 17.2. The first-order valence-electron chi connectivity index (χ1n) is 8.15. The van der Waals surface area contributed by atoms with Crippen LogP contribution in [0.1, 0.15) is 28.8 Å². The third-order valence-corrected chi connectivity index (χ3v) is 4.83. The Bertz CT molecular complexity index is 899. The van der Waals surface area contributed by atoms with Crippen molar-refractivity contribution in [3.63, 3.8) is 0 Å². The average Bonchev–Trinajstić information content (AvgIpc) is 3.24. The number of anilines is 1. The van der Waals surface area contributed by atoms with E-state index in [0.717, 1.165) is 22.5 Å². The van der Waals surface area contributed by atoms with E-state index in [2.05, 4.69) is 15.6 Å². The fraction of sp³-hybridized carbons (Fsp3) is 0.278. The number of nitrogens with zero attached hydrogens (tertiary/aromatic N) is 2. The van der Waals surface area contributed by atoms with Crippen LogP contribution < -0.4 is 10.6 Å². The average molecular weight is 356 g/mol. The molecular formula is C18H20N4O2S. The molecule has 0 unspecified atom stereocenters.